The van der Waals surface area contributed by atoms with Gasteiger partial charge in [0.25, 0.3) is 0 Å². The first-order valence-electron chi connectivity index (χ1n) is 2.48. The molecule has 0 rings (SSSR count). The summed E-state index contributed by atoms with van der Waals surface area (Å²) in [4.78, 5) is 1.44. The third-order valence-corrected chi connectivity index (χ3v) is 1.50. The zero-order chi connectivity index (χ0) is 7.44. The molecule has 0 radical (unpaired) electrons. The van der Waals surface area contributed by atoms with E-state index >= 15 is 0 Å². The van der Waals surface area contributed by atoms with E-state index in [1.807, 2.05) is 13.0 Å². The standard InChI is InChI=1S/C7H10S2/c1-5(2)4-7(9)6(3)8/h4,8-9H,1,3H2,2H3/b7-4+. The normalized spacial score (nSPS) is 11.2. The van der Waals surface area contributed by atoms with Gasteiger partial charge in [-0.3, -0.25) is 0 Å². The molecule has 0 saturated heterocycles. The molecule has 0 aliphatic heterocycles. The van der Waals surface area contributed by atoms with E-state index in [2.05, 4.69) is 38.4 Å². The van der Waals surface area contributed by atoms with Crippen molar-refractivity contribution in [3.63, 3.8) is 0 Å². The average Bonchev–Trinajstić information content (AvgIpc) is 1.63. The Labute approximate surface area is 67.2 Å². The second kappa shape index (κ2) is 3.85. The summed E-state index contributed by atoms with van der Waals surface area (Å²) in [5.74, 6) is 0. The lowest BCUT2D eigenvalue weighted by molar-refractivity contribution is 1.55. The third-order valence-electron chi connectivity index (χ3n) is 0.679. The maximum absolute atomic E-state index is 4.09. The Balaban J connectivity index is 4.17. The summed E-state index contributed by atoms with van der Waals surface area (Å²) < 4.78 is 0. The smallest absolute Gasteiger partial charge is 0.0170 e. The minimum Gasteiger partial charge on any atom is -0.143 e. The Morgan fingerprint density at radius 3 is 1.89 bits per heavy atom. The van der Waals surface area contributed by atoms with E-state index in [1.165, 1.54) is 0 Å². The van der Waals surface area contributed by atoms with Crippen molar-refractivity contribution in [3.8, 4) is 0 Å². The number of thiol groups is 2. The molecule has 50 valence electrons. The number of hydrogen-bond acceptors (Lipinski definition) is 2. The van der Waals surface area contributed by atoms with Crippen LogP contribution in [0.4, 0.5) is 0 Å². The van der Waals surface area contributed by atoms with Crippen molar-refractivity contribution < 1.29 is 0 Å². The van der Waals surface area contributed by atoms with Crippen LogP contribution < -0.4 is 0 Å². The van der Waals surface area contributed by atoms with Crippen LogP contribution in [-0.4, -0.2) is 0 Å². The molecular formula is C7H10S2. The van der Waals surface area contributed by atoms with E-state index < -0.39 is 0 Å². The van der Waals surface area contributed by atoms with Crippen molar-refractivity contribution in [1.29, 1.82) is 0 Å². The van der Waals surface area contributed by atoms with Gasteiger partial charge in [-0.05, 0) is 13.0 Å². The second-order valence-corrected chi connectivity index (χ2v) is 2.84. The summed E-state index contributed by atoms with van der Waals surface area (Å²) in [7, 11) is 0. The molecular weight excluding hydrogens is 148 g/mol. The van der Waals surface area contributed by atoms with E-state index in [0.29, 0.717) is 4.91 Å². The summed E-state index contributed by atoms with van der Waals surface area (Å²) in [5.41, 5.74) is 0.954. The molecule has 0 amide bonds. The number of hydrogen-bond donors (Lipinski definition) is 2. The number of allylic oxidation sites excluding steroid dienone is 2. The van der Waals surface area contributed by atoms with Gasteiger partial charge in [-0.25, -0.2) is 0 Å². The maximum atomic E-state index is 4.09. The summed E-state index contributed by atoms with van der Waals surface area (Å²) in [6, 6.07) is 0. The first kappa shape index (κ1) is 8.92. The van der Waals surface area contributed by atoms with Gasteiger partial charge in [-0.1, -0.05) is 18.7 Å². The van der Waals surface area contributed by atoms with Crippen LogP contribution in [0.25, 0.3) is 0 Å². The molecule has 2 heteroatoms. The molecule has 0 atom stereocenters. The number of rotatable bonds is 2. The lowest BCUT2D eigenvalue weighted by Crippen LogP contribution is -1.70. The first-order chi connectivity index (χ1) is 4.04. The zero-order valence-corrected chi connectivity index (χ0v) is 7.17. The van der Waals surface area contributed by atoms with Gasteiger partial charge < -0.3 is 0 Å². The Kier molecular flexibility index (Phi) is 3.82. The van der Waals surface area contributed by atoms with E-state index in [9.17, 15) is 0 Å². The molecule has 0 aliphatic rings. The van der Waals surface area contributed by atoms with Crippen molar-refractivity contribution in [2.45, 2.75) is 6.92 Å². The molecule has 0 spiro atoms. The largest absolute Gasteiger partial charge is 0.143 e. The lowest BCUT2D eigenvalue weighted by Gasteiger charge is -1.94. The van der Waals surface area contributed by atoms with Crippen LogP contribution in [0.2, 0.25) is 0 Å². The quantitative estimate of drug-likeness (QED) is 0.448. The van der Waals surface area contributed by atoms with Crippen LogP contribution in [0.1, 0.15) is 6.92 Å². The highest BCUT2D eigenvalue weighted by atomic mass is 32.1. The molecule has 9 heavy (non-hydrogen) atoms. The van der Waals surface area contributed by atoms with E-state index in [4.69, 9.17) is 0 Å². The predicted molar refractivity (Wildman–Crippen MR) is 50.0 cm³/mol. The highest BCUT2D eigenvalue weighted by Crippen LogP contribution is 2.16. The molecule has 0 N–H and O–H groups in total. The average molecular weight is 158 g/mol. The molecule has 0 unspecified atom stereocenters. The third kappa shape index (κ3) is 4.43. The maximum Gasteiger partial charge on any atom is 0.0170 e. The monoisotopic (exact) mass is 158 g/mol. The lowest BCUT2D eigenvalue weighted by atomic mass is 10.3. The van der Waals surface area contributed by atoms with Gasteiger partial charge in [0, 0.05) is 9.81 Å². The van der Waals surface area contributed by atoms with Crippen molar-refractivity contribution in [3.05, 3.63) is 34.6 Å². The first-order valence-corrected chi connectivity index (χ1v) is 3.38. The van der Waals surface area contributed by atoms with Gasteiger partial charge >= 0.3 is 0 Å². The van der Waals surface area contributed by atoms with Crippen molar-refractivity contribution in [1.82, 2.24) is 0 Å². The SMILES string of the molecule is C=C(C)/C=C(/S)C(=C)S. The molecule has 0 aromatic heterocycles. The summed E-state index contributed by atoms with van der Waals surface area (Å²) in [6.07, 6.45) is 1.82. The van der Waals surface area contributed by atoms with Crippen molar-refractivity contribution in [2.24, 2.45) is 0 Å². The van der Waals surface area contributed by atoms with Gasteiger partial charge in [-0.15, -0.1) is 25.3 Å². The van der Waals surface area contributed by atoms with Gasteiger partial charge in [0.1, 0.15) is 0 Å². The zero-order valence-electron chi connectivity index (χ0n) is 5.39. The fourth-order valence-corrected chi connectivity index (χ4v) is 0.602. The van der Waals surface area contributed by atoms with Crippen molar-refractivity contribution >= 4 is 25.3 Å². The van der Waals surface area contributed by atoms with Crippen LogP contribution in [0.3, 0.4) is 0 Å². The molecule has 0 aliphatic carbocycles. The van der Waals surface area contributed by atoms with Gasteiger partial charge in [0.05, 0.1) is 0 Å². The molecule has 0 saturated carbocycles. The van der Waals surface area contributed by atoms with E-state index in [0.717, 1.165) is 10.5 Å². The van der Waals surface area contributed by atoms with Gasteiger partial charge in [0.2, 0.25) is 0 Å². The summed E-state index contributed by atoms with van der Waals surface area (Å²) in [6.45, 7) is 9.16. The van der Waals surface area contributed by atoms with Crippen LogP contribution in [-0.2, 0) is 0 Å². The Morgan fingerprint density at radius 1 is 1.33 bits per heavy atom. The highest BCUT2D eigenvalue weighted by molar-refractivity contribution is 7.90. The fraction of sp³-hybridized carbons (Fsp3) is 0.143. The van der Waals surface area contributed by atoms with E-state index in [1.54, 1.807) is 0 Å². The summed E-state index contributed by atoms with van der Waals surface area (Å²) >= 11 is 8.08. The van der Waals surface area contributed by atoms with E-state index in [-0.39, 0.29) is 0 Å². The molecule has 0 nitrogen and oxygen atoms in total. The van der Waals surface area contributed by atoms with Crippen molar-refractivity contribution in [2.75, 3.05) is 0 Å². The van der Waals surface area contributed by atoms with Gasteiger partial charge in [0.15, 0.2) is 0 Å². The Bertz CT molecular complexity index is 166. The van der Waals surface area contributed by atoms with Crippen LogP contribution in [0.5, 0.6) is 0 Å². The minimum absolute atomic E-state index is 0.668. The minimum atomic E-state index is 0.668. The Morgan fingerprint density at radius 2 is 1.78 bits per heavy atom. The molecule has 0 aromatic rings. The molecule has 0 fully saturated rings. The van der Waals surface area contributed by atoms with Gasteiger partial charge in [-0.2, -0.15) is 0 Å². The molecule has 0 aromatic carbocycles. The fourth-order valence-electron chi connectivity index (χ4n) is 0.317. The van der Waals surface area contributed by atoms with Crippen LogP contribution in [0.15, 0.2) is 34.6 Å². The second-order valence-electron chi connectivity index (χ2n) is 1.82. The summed E-state index contributed by atoms with van der Waals surface area (Å²) in [5, 5.41) is 0. The van der Waals surface area contributed by atoms with Crippen LogP contribution >= 0.6 is 25.3 Å². The molecule has 0 bridgehead atoms. The Hall–Kier alpha value is -0.0800. The molecule has 0 heterocycles. The predicted octanol–water partition coefficient (Wildman–Crippen LogP) is 2.82. The van der Waals surface area contributed by atoms with Crippen LogP contribution in [0, 0.1) is 0 Å². The highest BCUT2D eigenvalue weighted by Gasteiger charge is 1.88. The topological polar surface area (TPSA) is 0 Å².